The summed E-state index contributed by atoms with van der Waals surface area (Å²) in [7, 11) is 0. The summed E-state index contributed by atoms with van der Waals surface area (Å²) >= 11 is 0. The summed E-state index contributed by atoms with van der Waals surface area (Å²) in [6.45, 7) is 8.46. The van der Waals surface area contributed by atoms with Gasteiger partial charge in [0.25, 0.3) is 0 Å². The highest BCUT2D eigenvalue weighted by molar-refractivity contribution is 5.93. The molecule has 6 heteroatoms. The molecular formula is C44H46O6. The standard InChI is InChI=1S/2C18H18O3.C8H10/c2*1-2-3-6-12-9-10-16-14(17(12)18(19)20)11-13-7-4-5-8-15(13)21-16;1-7-5-3-4-6-8(7)2/h2*4-5,7-10H,2-3,6,11H2,1H3,(H,19,20);3-6H,1-2H3. The molecule has 2 aliphatic heterocycles. The van der Waals surface area contributed by atoms with Crippen molar-refractivity contribution in [3.05, 3.63) is 153 Å². The topological polar surface area (TPSA) is 93.1 Å². The van der Waals surface area contributed by atoms with Gasteiger partial charge in [0.2, 0.25) is 0 Å². The third-order valence-corrected chi connectivity index (χ3v) is 9.28. The number of para-hydroxylation sites is 2. The fraction of sp³-hybridized carbons (Fsp3) is 0.273. The van der Waals surface area contributed by atoms with Crippen molar-refractivity contribution >= 4 is 11.9 Å². The number of carboxylic acid groups (broad SMARTS) is 2. The summed E-state index contributed by atoms with van der Waals surface area (Å²) in [5.41, 5.74) is 9.09. The molecule has 7 rings (SSSR count). The van der Waals surface area contributed by atoms with Crippen molar-refractivity contribution in [1.82, 2.24) is 0 Å². The van der Waals surface area contributed by atoms with E-state index in [9.17, 15) is 19.8 Å². The average molecular weight is 671 g/mol. The first-order chi connectivity index (χ1) is 24.2. The van der Waals surface area contributed by atoms with E-state index in [2.05, 4.69) is 52.0 Å². The summed E-state index contributed by atoms with van der Waals surface area (Å²) in [4.78, 5) is 23.4. The smallest absolute Gasteiger partial charge is 0.336 e. The van der Waals surface area contributed by atoms with Gasteiger partial charge in [-0.1, -0.05) is 99.5 Å². The zero-order valence-electron chi connectivity index (χ0n) is 29.4. The number of aryl methyl sites for hydroxylation is 4. The molecule has 6 nitrogen and oxygen atoms in total. The minimum atomic E-state index is -0.860. The third-order valence-electron chi connectivity index (χ3n) is 9.28. The van der Waals surface area contributed by atoms with Gasteiger partial charge in [0, 0.05) is 24.0 Å². The van der Waals surface area contributed by atoms with Gasteiger partial charge in [-0.05, 0) is 97.2 Å². The maximum Gasteiger partial charge on any atom is 0.336 e. The normalized spacial score (nSPS) is 11.8. The van der Waals surface area contributed by atoms with E-state index in [-0.39, 0.29) is 0 Å². The third kappa shape index (κ3) is 8.43. The first-order valence-corrected chi connectivity index (χ1v) is 17.5. The molecule has 0 amide bonds. The molecule has 2 heterocycles. The van der Waals surface area contributed by atoms with Crippen LogP contribution in [0.2, 0.25) is 0 Å². The van der Waals surface area contributed by atoms with Crippen LogP contribution < -0.4 is 9.47 Å². The number of ether oxygens (including phenoxy) is 2. The van der Waals surface area contributed by atoms with Gasteiger partial charge >= 0.3 is 11.9 Å². The Labute approximate surface area is 295 Å². The van der Waals surface area contributed by atoms with Crippen molar-refractivity contribution in [3.63, 3.8) is 0 Å². The van der Waals surface area contributed by atoms with Gasteiger partial charge in [0.05, 0.1) is 11.1 Å². The van der Waals surface area contributed by atoms with E-state index in [0.717, 1.165) is 83.4 Å². The Morgan fingerprint density at radius 1 is 0.540 bits per heavy atom. The first kappa shape index (κ1) is 35.9. The molecule has 0 saturated heterocycles. The average Bonchev–Trinajstić information content (AvgIpc) is 3.12. The summed E-state index contributed by atoms with van der Waals surface area (Å²) in [6, 6.07) is 31.5. The van der Waals surface area contributed by atoms with Crippen LogP contribution in [0.25, 0.3) is 0 Å². The molecule has 0 atom stereocenters. The zero-order chi connectivity index (χ0) is 35.6. The summed E-state index contributed by atoms with van der Waals surface area (Å²) in [5.74, 6) is 1.27. The predicted octanol–water partition coefficient (Wildman–Crippen LogP) is 11.2. The minimum Gasteiger partial charge on any atom is -0.478 e. The van der Waals surface area contributed by atoms with Crippen LogP contribution in [0.3, 0.4) is 0 Å². The van der Waals surface area contributed by atoms with Crippen molar-refractivity contribution in [2.45, 2.75) is 79.1 Å². The van der Waals surface area contributed by atoms with Gasteiger partial charge in [-0.25, -0.2) is 9.59 Å². The maximum atomic E-state index is 11.7. The molecule has 258 valence electrons. The quantitative estimate of drug-likeness (QED) is 0.167. The van der Waals surface area contributed by atoms with E-state index in [1.54, 1.807) is 0 Å². The number of carbonyl (C=O) groups is 2. The Morgan fingerprint density at radius 2 is 0.920 bits per heavy atom. The molecule has 0 fully saturated rings. The SMILES string of the molecule is CCCCc1ccc2c(c1C(=O)O)Cc1ccccc1O2.CCCCc1ccc2c(c1C(=O)O)Cc1ccccc1O2.Cc1ccccc1C. The second kappa shape index (κ2) is 16.8. The Morgan fingerprint density at radius 3 is 1.28 bits per heavy atom. The molecule has 0 aliphatic carbocycles. The molecule has 5 aromatic rings. The van der Waals surface area contributed by atoms with E-state index in [0.29, 0.717) is 35.5 Å². The number of fused-ring (bicyclic) bond motifs is 4. The van der Waals surface area contributed by atoms with Gasteiger partial charge in [0.1, 0.15) is 23.0 Å². The number of hydrogen-bond acceptors (Lipinski definition) is 4. The molecule has 0 saturated carbocycles. The van der Waals surface area contributed by atoms with E-state index in [4.69, 9.17) is 9.47 Å². The van der Waals surface area contributed by atoms with Gasteiger partial charge < -0.3 is 19.7 Å². The maximum absolute atomic E-state index is 11.7. The van der Waals surface area contributed by atoms with Gasteiger partial charge in [-0.2, -0.15) is 0 Å². The number of hydrogen-bond donors (Lipinski definition) is 2. The second-order valence-electron chi connectivity index (χ2n) is 12.8. The van der Waals surface area contributed by atoms with Gasteiger partial charge in [-0.15, -0.1) is 0 Å². The Kier molecular flexibility index (Phi) is 12.1. The lowest BCUT2D eigenvalue weighted by molar-refractivity contribution is 0.0683. The Balaban J connectivity index is 0.000000160. The lowest BCUT2D eigenvalue weighted by Crippen LogP contribution is -2.12. The summed E-state index contributed by atoms with van der Waals surface area (Å²) in [5, 5.41) is 19.2. The van der Waals surface area contributed by atoms with E-state index in [1.165, 1.54) is 11.1 Å². The lowest BCUT2D eigenvalue weighted by atomic mass is 9.91. The first-order valence-electron chi connectivity index (χ1n) is 17.5. The Hall–Kier alpha value is -5.36. The number of carboxylic acids is 2. The predicted molar refractivity (Wildman–Crippen MR) is 199 cm³/mol. The highest BCUT2D eigenvalue weighted by Gasteiger charge is 2.26. The fourth-order valence-corrected chi connectivity index (χ4v) is 6.36. The van der Waals surface area contributed by atoms with Crippen LogP contribution in [0.5, 0.6) is 23.0 Å². The second-order valence-corrected chi connectivity index (χ2v) is 12.8. The molecule has 0 spiro atoms. The van der Waals surface area contributed by atoms with Crippen LogP contribution in [-0.2, 0) is 25.7 Å². The monoisotopic (exact) mass is 670 g/mol. The molecule has 0 unspecified atom stereocenters. The zero-order valence-corrected chi connectivity index (χ0v) is 29.4. The molecule has 0 aromatic heterocycles. The highest BCUT2D eigenvalue weighted by Crippen LogP contribution is 2.40. The lowest BCUT2D eigenvalue weighted by Gasteiger charge is -2.23. The van der Waals surface area contributed by atoms with Crippen LogP contribution in [-0.4, -0.2) is 22.2 Å². The van der Waals surface area contributed by atoms with Crippen molar-refractivity contribution < 1.29 is 29.3 Å². The van der Waals surface area contributed by atoms with E-state index >= 15 is 0 Å². The van der Waals surface area contributed by atoms with Crippen molar-refractivity contribution in [1.29, 1.82) is 0 Å². The van der Waals surface area contributed by atoms with Crippen LogP contribution in [0.1, 0.15) is 105 Å². The summed E-state index contributed by atoms with van der Waals surface area (Å²) in [6.07, 6.45) is 6.93. The molecule has 2 aliphatic rings. The number of aromatic carboxylic acids is 2. The van der Waals surface area contributed by atoms with Crippen LogP contribution >= 0.6 is 0 Å². The minimum absolute atomic E-state index is 0.426. The molecular weight excluding hydrogens is 624 g/mol. The molecule has 0 radical (unpaired) electrons. The van der Waals surface area contributed by atoms with Crippen LogP contribution in [0, 0.1) is 13.8 Å². The molecule has 5 aromatic carbocycles. The summed E-state index contributed by atoms with van der Waals surface area (Å²) < 4.78 is 11.7. The van der Waals surface area contributed by atoms with E-state index in [1.807, 2.05) is 72.8 Å². The number of rotatable bonds is 8. The van der Waals surface area contributed by atoms with Gasteiger partial charge in [-0.3, -0.25) is 0 Å². The highest BCUT2D eigenvalue weighted by atomic mass is 16.5. The van der Waals surface area contributed by atoms with Crippen molar-refractivity contribution in [2.24, 2.45) is 0 Å². The van der Waals surface area contributed by atoms with Crippen molar-refractivity contribution in [3.8, 4) is 23.0 Å². The molecule has 2 N–H and O–H groups in total. The fourth-order valence-electron chi connectivity index (χ4n) is 6.36. The largest absolute Gasteiger partial charge is 0.478 e. The molecule has 50 heavy (non-hydrogen) atoms. The number of unbranched alkanes of at least 4 members (excludes halogenated alkanes) is 2. The van der Waals surface area contributed by atoms with Crippen LogP contribution in [0.4, 0.5) is 0 Å². The Bertz CT molecular complexity index is 1830. The number of benzene rings is 5. The van der Waals surface area contributed by atoms with Crippen molar-refractivity contribution in [2.75, 3.05) is 0 Å². The van der Waals surface area contributed by atoms with Gasteiger partial charge in [0.15, 0.2) is 0 Å². The van der Waals surface area contributed by atoms with E-state index < -0.39 is 11.9 Å². The van der Waals surface area contributed by atoms with Crippen LogP contribution in [0.15, 0.2) is 97.1 Å². The molecule has 0 bridgehead atoms.